The fourth-order valence-electron chi connectivity index (χ4n) is 1.40. The van der Waals surface area contributed by atoms with Gasteiger partial charge >= 0.3 is 13.1 Å². The molecule has 0 spiro atoms. The van der Waals surface area contributed by atoms with E-state index < -0.39 is 18.7 Å². The van der Waals surface area contributed by atoms with Gasteiger partial charge in [0.15, 0.2) is 0 Å². The molecule has 0 amide bonds. The molecule has 0 unspecified atom stereocenters. The molecule has 0 aromatic heterocycles. The standard InChI is InChI=1S/C12H18BNO4/c1-12(2,3)18-11(15)8-5-9(13(16)17)7-10(6-8)14-4/h5-7,14,16-17H,1-4H3. The molecule has 0 aliphatic rings. The first-order valence-corrected chi connectivity index (χ1v) is 5.65. The highest BCUT2D eigenvalue weighted by molar-refractivity contribution is 6.58. The minimum atomic E-state index is -1.63. The molecule has 0 saturated heterocycles. The SMILES string of the molecule is CNc1cc(B(O)O)cc(C(=O)OC(C)(C)C)c1. The molecule has 1 aromatic rings. The third kappa shape index (κ3) is 4.05. The van der Waals surface area contributed by atoms with Gasteiger partial charge in [0.25, 0.3) is 0 Å². The van der Waals surface area contributed by atoms with E-state index in [0.29, 0.717) is 5.69 Å². The van der Waals surface area contributed by atoms with Crippen molar-refractivity contribution in [3.63, 3.8) is 0 Å². The van der Waals surface area contributed by atoms with E-state index >= 15 is 0 Å². The number of hydrogen-bond acceptors (Lipinski definition) is 5. The first-order valence-electron chi connectivity index (χ1n) is 5.65. The molecule has 0 aliphatic heterocycles. The van der Waals surface area contributed by atoms with E-state index in [0.717, 1.165) is 0 Å². The van der Waals surface area contributed by atoms with Crippen molar-refractivity contribution in [1.82, 2.24) is 0 Å². The molecule has 0 fully saturated rings. The number of ether oxygens (including phenoxy) is 1. The average molecular weight is 251 g/mol. The van der Waals surface area contributed by atoms with Gasteiger partial charge in [0.2, 0.25) is 0 Å². The van der Waals surface area contributed by atoms with E-state index in [2.05, 4.69) is 5.32 Å². The van der Waals surface area contributed by atoms with Crippen LogP contribution in [0.1, 0.15) is 31.1 Å². The van der Waals surface area contributed by atoms with Crippen molar-refractivity contribution in [2.75, 3.05) is 12.4 Å². The van der Waals surface area contributed by atoms with Crippen LogP contribution in [0.15, 0.2) is 18.2 Å². The van der Waals surface area contributed by atoms with E-state index in [1.807, 2.05) is 0 Å². The number of carbonyl (C=O) groups is 1. The Balaban J connectivity index is 3.08. The first kappa shape index (κ1) is 14.5. The number of hydrogen-bond donors (Lipinski definition) is 3. The van der Waals surface area contributed by atoms with Crippen LogP contribution in [0, 0.1) is 0 Å². The van der Waals surface area contributed by atoms with E-state index in [1.54, 1.807) is 40.0 Å². The number of nitrogens with one attached hydrogen (secondary N) is 1. The van der Waals surface area contributed by atoms with E-state index in [1.165, 1.54) is 6.07 Å². The number of rotatable bonds is 3. The number of benzene rings is 1. The van der Waals surface area contributed by atoms with Crippen LogP contribution in [0.2, 0.25) is 0 Å². The van der Waals surface area contributed by atoms with Gasteiger partial charge in [-0.2, -0.15) is 0 Å². The molecule has 1 aromatic carbocycles. The zero-order chi connectivity index (χ0) is 13.9. The Labute approximate surface area is 107 Å². The molecule has 0 saturated carbocycles. The van der Waals surface area contributed by atoms with Gasteiger partial charge in [-0.25, -0.2) is 4.79 Å². The summed E-state index contributed by atoms with van der Waals surface area (Å²) in [7, 11) is 0.0568. The van der Waals surface area contributed by atoms with Crippen LogP contribution in [0.4, 0.5) is 5.69 Å². The summed E-state index contributed by atoms with van der Waals surface area (Å²) < 4.78 is 5.23. The van der Waals surface area contributed by atoms with E-state index in [4.69, 9.17) is 14.8 Å². The average Bonchev–Trinajstić information content (AvgIpc) is 2.26. The first-order chi connectivity index (χ1) is 8.23. The van der Waals surface area contributed by atoms with Crippen LogP contribution in [0.5, 0.6) is 0 Å². The Morgan fingerprint density at radius 1 is 1.28 bits per heavy atom. The molecule has 18 heavy (non-hydrogen) atoms. The van der Waals surface area contributed by atoms with Crippen molar-refractivity contribution in [2.24, 2.45) is 0 Å². The molecule has 5 nitrogen and oxygen atoms in total. The zero-order valence-corrected chi connectivity index (χ0v) is 11.0. The number of carbonyl (C=O) groups excluding carboxylic acids is 1. The Morgan fingerprint density at radius 3 is 2.33 bits per heavy atom. The largest absolute Gasteiger partial charge is 0.488 e. The monoisotopic (exact) mass is 251 g/mol. The molecule has 0 atom stereocenters. The summed E-state index contributed by atoms with van der Waals surface area (Å²) >= 11 is 0. The molecule has 0 bridgehead atoms. The second kappa shape index (κ2) is 5.41. The molecule has 98 valence electrons. The highest BCUT2D eigenvalue weighted by atomic mass is 16.6. The summed E-state index contributed by atoms with van der Waals surface area (Å²) in [5.74, 6) is -0.499. The summed E-state index contributed by atoms with van der Waals surface area (Å²) in [6, 6.07) is 4.55. The molecule has 3 N–H and O–H groups in total. The van der Waals surface area contributed by atoms with Crippen molar-refractivity contribution in [3.05, 3.63) is 23.8 Å². The van der Waals surface area contributed by atoms with Crippen LogP contribution in [-0.4, -0.2) is 35.8 Å². The maximum Gasteiger partial charge on any atom is 0.488 e. The topological polar surface area (TPSA) is 78.8 Å². The smallest absolute Gasteiger partial charge is 0.456 e. The van der Waals surface area contributed by atoms with E-state index in [-0.39, 0.29) is 11.0 Å². The van der Waals surface area contributed by atoms with Gasteiger partial charge in [0, 0.05) is 12.7 Å². The summed E-state index contributed by atoms with van der Waals surface area (Å²) in [5, 5.41) is 21.2. The second-order valence-electron chi connectivity index (χ2n) is 4.97. The van der Waals surface area contributed by atoms with Gasteiger partial charge < -0.3 is 20.1 Å². The van der Waals surface area contributed by atoms with Gasteiger partial charge in [-0.3, -0.25) is 0 Å². The Bertz CT molecular complexity index is 440. The molecular formula is C12H18BNO4. The highest BCUT2D eigenvalue weighted by Gasteiger charge is 2.20. The lowest BCUT2D eigenvalue weighted by atomic mass is 9.79. The van der Waals surface area contributed by atoms with Crippen molar-refractivity contribution >= 4 is 24.2 Å². The van der Waals surface area contributed by atoms with Crippen LogP contribution in [0.3, 0.4) is 0 Å². The lowest BCUT2D eigenvalue weighted by Crippen LogP contribution is -2.31. The lowest BCUT2D eigenvalue weighted by Gasteiger charge is -2.20. The van der Waals surface area contributed by atoms with Crippen LogP contribution < -0.4 is 10.8 Å². The van der Waals surface area contributed by atoms with Crippen molar-refractivity contribution in [1.29, 1.82) is 0 Å². The number of esters is 1. The van der Waals surface area contributed by atoms with Crippen LogP contribution in [0.25, 0.3) is 0 Å². The predicted molar refractivity (Wildman–Crippen MR) is 71.0 cm³/mol. The summed E-state index contributed by atoms with van der Waals surface area (Å²) in [4.78, 5) is 11.9. The Morgan fingerprint density at radius 2 is 1.89 bits per heavy atom. The van der Waals surface area contributed by atoms with Gasteiger partial charge in [-0.05, 0) is 44.4 Å². The van der Waals surface area contributed by atoms with E-state index in [9.17, 15) is 4.79 Å². The minimum Gasteiger partial charge on any atom is -0.456 e. The predicted octanol–water partition coefficient (Wildman–Crippen LogP) is 0.363. The van der Waals surface area contributed by atoms with Gasteiger partial charge in [-0.15, -0.1) is 0 Å². The maximum atomic E-state index is 11.9. The quantitative estimate of drug-likeness (QED) is 0.534. The van der Waals surface area contributed by atoms with Crippen molar-refractivity contribution < 1.29 is 19.6 Å². The summed E-state index contributed by atoms with van der Waals surface area (Å²) in [6.45, 7) is 5.32. The Hall–Kier alpha value is -1.53. The van der Waals surface area contributed by atoms with Gasteiger partial charge in [0.1, 0.15) is 5.60 Å². The molecule has 6 heteroatoms. The van der Waals surface area contributed by atoms with Crippen LogP contribution >= 0.6 is 0 Å². The Kier molecular flexibility index (Phi) is 4.37. The molecule has 0 aliphatic carbocycles. The summed E-state index contributed by atoms with van der Waals surface area (Å²) in [5.41, 5.74) is 0.536. The molecule has 0 heterocycles. The van der Waals surface area contributed by atoms with Crippen LogP contribution in [-0.2, 0) is 4.74 Å². The van der Waals surface area contributed by atoms with Gasteiger partial charge in [-0.1, -0.05) is 0 Å². The molecular weight excluding hydrogens is 233 g/mol. The highest BCUT2D eigenvalue weighted by Crippen LogP contribution is 2.14. The fraction of sp³-hybridized carbons (Fsp3) is 0.417. The van der Waals surface area contributed by atoms with Crippen molar-refractivity contribution in [2.45, 2.75) is 26.4 Å². The zero-order valence-electron chi connectivity index (χ0n) is 11.0. The fourth-order valence-corrected chi connectivity index (χ4v) is 1.40. The van der Waals surface area contributed by atoms with Gasteiger partial charge in [0.05, 0.1) is 5.56 Å². The maximum absolute atomic E-state index is 11.9. The molecule has 1 rings (SSSR count). The second-order valence-corrected chi connectivity index (χ2v) is 4.97. The minimum absolute atomic E-state index is 0.239. The normalized spacial score (nSPS) is 11.0. The number of anilines is 1. The third-order valence-electron chi connectivity index (χ3n) is 2.18. The molecule has 0 radical (unpaired) electrons. The summed E-state index contributed by atoms with van der Waals surface area (Å²) in [6.07, 6.45) is 0. The lowest BCUT2D eigenvalue weighted by molar-refractivity contribution is 0.00697. The third-order valence-corrected chi connectivity index (χ3v) is 2.18. The van der Waals surface area contributed by atoms with Crippen molar-refractivity contribution in [3.8, 4) is 0 Å².